The minimum atomic E-state index is 0.245. The highest BCUT2D eigenvalue weighted by molar-refractivity contribution is 5.42. The van der Waals surface area contributed by atoms with Gasteiger partial charge in [0.15, 0.2) is 0 Å². The van der Waals surface area contributed by atoms with Crippen molar-refractivity contribution in [1.82, 2.24) is 14.7 Å². The first kappa shape index (κ1) is 13.1. The summed E-state index contributed by atoms with van der Waals surface area (Å²) in [5.41, 5.74) is 3.30. The topological polar surface area (TPSA) is 38.6 Å². The molecule has 1 atom stereocenters. The van der Waals surface area contributed by atoms with Gasteiger partial charge in [0.2, 0.25) is 0 Å². The minimum absolute atomic E-state index is 0.245. The lowest BCUT2D eigenvalue weighted by molar-refractivity contribution is 0.0758. The zero-order valence-electron chi connectivity index (χ0n) is 11.3. The quantitative estimate of drug-likeness (QED) is 0.850. The maximum Gasteiger partial charge on any atom is 0.137 e. The van der Waals surface area contributed by atoms with E-state index in [1.54, 1.807) is 0 Å². The smallest absolute Gasteiger partial charge is 0.137 e. The fourth-order valence-electron chi connectivity index (χ4n) is 2.11. The van der Waals surface area contributed by atoms with E-state index < -0.39 is 0 Å². The molecule has 2 aromatic rings. The number of aromatic nitrogens is 2. The van der Waals surface area contributed by atoms with Gasteiger partial charge in [0.1, 0.15) is 5.65 Å². The molecule has 0 saturated heterocycles. The predicted molar refractivity (Wildman–Crippen MR) is 72.7 cm³/mol. The van der Waals surface area contributed by atoms with E-state index in [9.17, 15) is 0 Å². The average molecular weight is 247 g/mol. The zero-order chi connectivity index (χ0) is 13.0. The Morgan fingerprint density at radius 1 is 1.44 bits per heavy atom. The lowest BCUT2D eigenvalue weighted by Crippen LogP contribution is -2.27. The van der Waals surface area contributed by atoms with Crippen molar-refractivity contribution in [2.45, 2.75) is 33.4 Å². The van der Waals surface area contributed by atoms with Gasteiger partial charge in [0.05, 0.1) is 17.5 Å². The number of imidazole rings is 1. The Morgan fingerprint density at radius 3 is 3.06 bits per heavy atom. The van der Waals surface area contributed by atoms with Gasteiger partial charge in [-0.05, 0) is 32.9 Å². The van der Waals surface area contributed by atoms with Gasteiger partial charge in [-0.25, -0.2) is 4.98 Å². The van der Waals surface area contributed by atoms with Crippen molar-refractivity contribution in [2.75, 3.05) is 13.2 Å². The monoisotopic (exact) mass is 247 g/mol. The van der Waals surface area contributed by atoms with Crippen LogP contribution in [0.3, 0.4) is 0 Å². The maximum atomic E-state index is 5.49. The number of rotatable bonds is 6. The molecule has 0 amide bonds. The number of hydrogen-bond donors (Lipinski definition) is 1. The number of aryl methyl sites for hydroxylation is 1. The Kier molecular flexibility index (Phi) is 4.33. The number of fused-ring (bicyclic) bond motifs is 1. The van der Waals surface area contributed by atoms with Gasteiger partial charge in [-0.15, -0.1) is 0 Å². The van der Waals surface area contributed by atoms with E-state index in [0.717, 1.165) is 31.0 Å². The highest BCUT2D eigenvalue weighted by Crippen LogP contribution is 2.11. The van der Waals surface area contributed by atoms with Gasteiger partial charge in [-0.1, -0.05) is 6.07 Å². The largest absolute Gasteiger partial charge is 0.377 e. The van der Waals surface area contributed by atoms with Crippen LogP contribution < -0.4 is 5.32 Å². The molecule has 2 heterocycles. The molecule has 0 aliphatic rings. The number of nitrogens with zero attached hydrogens (tertiary/aromatic N) is 2. The van der Waals surface area contributed by atoms with Crippen LogP contribution in [0.1, 0.15) is 25.2 Å². The lowest BCUT2D eigenvalue weighted by atomic mass is 10.3. The van der Waals surface area contributed by atoms with Crippen LogP contribution in [0.4, 0.5) is 0 Å². The van der Waals surface area contributed by atoms with Gasteiger partial charge >= 0.3 is 0 Å². The van der Waals surface area contributed by atoms with Gasteiger partial charge < -0.3 is 14.5 Å². The Hall–Kier alpha value is -1.39. The number of nitrogens with one attached hydrogen (secondary N) is 1. The molecule has 4 nitrogen and oxygen atoms in total. The summed E-state index contributed by atoms with van der Waals surface area (Å²) in [4.78, 5) is 4.54. The predicted octanol–water partition coefficient (Wildman–Crippen LogP) is 2.16. The van der Waals surface area contributed by atoms with E-state index in [1.165, 1.54) is 5.69 Å². The standard InChI is InChI=1S/C14H21N3O/c1-4-18-11(2)9-15-10-13-12(3)16-14-7-5-6-8-17(13)14/h5-8,11,15H,4,9-10H2,1-3H3. The second-order valence-corrected chi connectivity index (χ2v) is 4.47. The summed E-state index contributed by atoms with van der Waals surface area (Å²) in [5, 5.41) is 3.42. The minimum Gasteiger partial charge on any atom is -0.377 e. The van der Waals surface area contributed by atoms with Crippen molar-refractivity contribution in [3.63, 3.8) is 0 Å². The summed E-state index contributed by atoms with van der Waals surface area (Å²) in [6, 6.07) is 6.07. The van der Waals surface area contributed by atoms with Crippen LogP contribution in [0.2, 0.25) is 0 Å². The van der Waals surface area contributed by atoms with Crippen molar-refractivity contribution >= 4 is 5.65 Å². The van der Waals surface area contributed by atoms with Crippen LogP contribution in [-0.4, -0.2) is 28.6 Å². The fourth-order valence-corrected chi connectivity index (χ4v) is 2.11. The van der Waals surface area contributed by atoms with Crippen LogP contribution >= 0.6 is 0 Å². The molecule has 0 aromatic carbocycles. The van der Waals surface area contributed by atoms with Crippen LogP contribution in [-0.2, 0) is 11.3 Å². The first-order valence-electron chi connectivity index (χ1n) is 6.47. The molecule has 4 heteroatoms. The SMILES string of the molecule is CCOC(C)CNCc1c(C)nc2ccccn12. The summed E-state index contributed by atoms with van der Waals surface area (Å²) >= 11 is 0. The molecule has 0 aliphatic heterocycles. The molecular formula is C14H21N3O. The second kappa shape index (κ2) is 5.98. The third kappa shape index (κ3) is 2.89. The third-order valence-electron chi connectivity index (χ3n) is 3.00. The van der Waals surface area contributed by atoms with Gasteiger partial charge in [-0.2, -0.15) is 0 Å². The van der Waals surface area contributed by atoms with E-state index >= 15 is 0 Å². The molecule has 98 valence electrons. The van der Waals surface area contributed by atoms with E-state index in [0.29, 0.717) is 0 Å². The van der Waals surface area contributed by atoms with Crippen molar-refractivity contribution in [3.05, 3.63) is 35.8 Å². The van der Waals surface area contributed by atoms with Crippen molar-refractivity contribution in [3.8, 4) is 0 Å². The summed E-state index contributed by atoms with van der Waals surface area (Å²) < 4.78 is 7.63. The highest BCUT2D eigenvalue weighted by Gasteiger charge is 2.08. The number of hydrogen-bond acceptors (Lipinski definition) is 3. The highest BCUT2D eigenvalue weighted by atomic mass is 16.5. The number of ether oxygens (including phenoxy) is 1. The van der Waals surface area contributed by atoms with Crippen molar-refractivity contribution in [1.29, 1.82) is 0 Å². The van der Waals surface area contributed by atoms with Gasteiger partial charge in [0.25, 0.3) is 0 Å². The Labute approximate surface area is 108 Å². The first-order valence-corrected chi connectivity index (χ1v) is 6.47. The number of pyridine rings is 1. The van der Waals surface area contributed by atoms with E-state index in [2.05, 4.69) is 34.7 Å². The molecule has 0 spiro atoms. The third-order valence-corrected chi connectivity index (χ3v) is 3.00. The fraction of sp³-hybridized carbons (Fsp3) is 0.500. The van der Waals surface area contributed by atoms with Gasteiger partial charge in [-0.3, -0.25) is 0 Å². The normalized spacial score (nSPS) is 13.1. The first-order chi connectivity index (χ1) is 8.72. The summed E-state index contributed by atoms with van der Waals surface area (Å²) in [5.74, 6) is 0. The Balaban J connectivity index is 2.01. The van der Waals surface area contributed by atoms with Gasteiger partial charge in [0, 0.05) is 25.9 Å². The zero-order valence-corrected chi connectivity index (χ0v) is 11.3. The molecule has 0 radical (unpaired) electrons. The lowest BCUT2D eigenvalue weighted by Gasteiger charge is -2.12. The molecule has 1 N–H and O–H groups in total. The molecule has 1 unspecified atom stereocenters. The summed E-state index contributed by atoms with van der Waals surface area (Å²) in [6.45, 7) is 8.58. The molecule has 0 fully saturated rings. The molecule has 0 bridgehead atoms. The van der Waals surface area contributed by atoms with Crippen LogP contribution in [0.5, 0.6) is 0 Å². The van der Waals surface area contributed by atoms with E-state index in [-0.39, 0.29) is 6.10 Å². The molecule has 0 saturated carbocycles. The van der Waals surface area contributed by atoms with Crippen LogP contribution in [0, 0.1) is 6.92 Å². The van der Waals surface area contributed by atoms with E-state index in [1.807, 2.05) is 25.1 Å². The van der Waals surface area contributed by atoms with Crippen LogP contribution in [0.15, 0.2) is 24.4 Å². The Bertz CT molecular complexity index is 507. The Morgan fingerprint density at radius 2 is 2.28 bits per heavy atom. The average Bonchev–Trinajstić information content (AvgIpc) is 2.66. The molecule has 18 heavy (non-hydrogen) atoms. The molecule has 2 aromatic heterocycles. The maximum absolute atomic E-state index is 5.49. The summed E-state index contributed by atoms with van der Waals surface area (Å²) in [6.07, 6.45) is 2.30. The molecular weight excluding hydrogens is 226 g/mol. The van der Waals surface area contributed by atoms with E-state index in [4.69, 9.17) is 4.74 Å². The van der Waals surface area contributed by atoms with Crippen LogP contribution in [0.25, 0.3) is 5.65 Å². The second-order valence-electron chi connectivity index (χ2n) is 4.47. The van der Waals surface area contributed by atoms with Crippen molar-refractivity contribution < 1.29 is 4.74 Å². The van der Waals surface area contributed by atoms with Crippen molar-refractivity contribution in [2.24, 2.45) is 0 Å². The summed E-state index contributed by atoms with van der Waals surface area (Å²) in [7, 11) is 0. The molecule has 0 aliphatic carbocycles. The molecule has 2 rings (SSSR count).